The van der Waals surface area contributed by atoms with E-state index in [-0.39, 0.29) is 36.5 Å². The fourth-order valence-corrected chi connectivity index (χ4v) is 1.85. The number of hydrogen-bond acceptors (Lipinski definition) is 3. The minimum Gasteiger partial charge on any atom is -0.356 e. The standard InChI is InChI=1S/C15H17F3N4O.HI/c1-19-14(20-8-7-15(16,17)18)21-10-12-9-13(23-22-12)11-5-3-2-4-6-11;/h2-6,9H,7-8,10H2,1H3,(H2,19,20,21);1H. The van der Waals surface area contributed by atoms with Crippen molar-refractivity contribution in [1.82, 2.24) is 15.8 Å². The van der Waals surface area contributed by atoms with Crippen molar-refractivity contribution in [3.05, 3.63) is 42.1 Å². The van der Waals surface area contributed by atoms with Crippen LogP contribution in [0.3, 0.4) is 0 Å². The van der Waals surface area contributed by atoms with Gasteiger partial charge >= 0.3 is 6.18 Å². The molecule has 132 valence electrons. The number of alkyl halides is 3. The van der Waals surface area contributed by atoms with Crippen LogP contribution in [0.1, 0.15) is 12.1 Å². The van der Waals surface area contributed by atoms with Gasteiger partial charge in [0.15, 0.2) is 11.7 Å². The third-order valence-electron chi connectivity index (χ3n) is 2.98. The maximum atomic E-state index is 12.1. The second-order valence-electron chi connectivity index (χ2n) is 4.77. The Labute approximate surface area is 154 Å². The van der Waals surface area contributed by atoms with Gasteiger partial charge in [-0.1, -0.05) is 35.5 Å². The molecule has 9 heteroatoms. The zero-order chi connectivity index (χ0) is 16.7. The first-order valence-corrected chi connectivity index (χ1v) is 7.00. The van der Waals surface area contributed by atoms with E-state index in [4.69, 9.17) is 4.52 Å². The fraction of sp³-hybridized carbons (Fsp3) is 0.333. The molecule has 0 amide bonds. The van der Waals surface area contributed by atoms with E-state index in [2.05, 4.69) is 20.8 Å². The average molecular weight is 454 g/mol. The molecule has 0 spiro atoms. The molecule has 2 aromatic rings. The van der Waals surface area contributed by atoms with Crippen LogP contribution in [-0.2, 0) is 6.54 Å². The molecule has 0 fully saturated rings. The average Bonchev–Trinajstić information content (AvgIpc) is 2.99. The van der Waals surface area contributed by atoms with Crippen molar-refractivity contribution in [3.8, 4) is 11.3 Å². The summed E-state index contributed by atoms with van der Waals surface area (Å²) in [5.41, 5.74) is 1.53. The highest BCUT2D eigenvalue weighted by molar-refractivity contribution is 14.0. The molecule has 0 radical (unpaired) electrons. The maximum absolute atomic E-state index is 12.1. The van der Waals surface area contributed by atoms with Crippen LogP contribution < -0.4 is 10.6 Å². The number of nitrogens with zero attached hydrogens (tertiary/aromatic N) is 2. The summed E-state index contributed by atoms with van der Waals surface area (Å²) < 4.78 is 41.5. The van der Waals surface area contributed by atoms with E-state index in [0.29, 0.717) is 18.0 Å². The summed E-state index contributed by atoms with van der Waals surface area (Å²) in [6, 6.07) is 11.2. The second kappa shape index (κ2) is 9.50. The summed E-state index contributed by atoms with van der Waals surface area (Å²) in [5, 5.41) is 9.40. The van der Waals surface area contributed by atoms with Gasteiger partial charge in [0.25, 0.3) is 0 Å². The van der Waals surface area contributed by atoms with Crippen molar-refractivity contribution >= 4 is 29.9 Å². The van der Waals surface area contributed by atoms with Crippen LogP contribution in [0.25, 0.3) is 11.3 Å². The molecule has 24 heavy (non-hydrogen) atoms. The fourth-order valence-electron chi connectivity index (χ4n) is 1.85. The van der Waals surface area contributed by atoms with Gasteiger partial charge in [0.05, 0.1) is 13.0 Å². The highest BCUT2D eigenvalue weighted by atomic mass is 127. The first-order valence-electron chi connectivity index (χ1n) is 7.00. The van der Waals surface area contributed by atoms with Gasteiger partial charge in [0.2, 0.25) is 0 Å². The second-order valence-corrected chi connectivity index (χ2v) is 4.77. The van der Waals surface area contributed by atoms with Crippen LogP contribution in [0, 0.1) is 0 Å². The summed E-state index contributed by atoms with van der Waals surface area (Å²) in [5.74, 6) is 0.904. The molecule has 1 heterocycles. The maximum Gasteiger partial charge on any atom is 0.390 e. The Morgan fingerprint density at radius 3 is 2.54 bits per heavy atom. The predicted octanol–water partition coefficient (Wildman–Crippen LogP) is 3.58. The van der Waals surface area contributed by atoms with Crippen LogP contribution in [-0.4, -0.2) is 30.9 Å². The predicted molar refractivity (Wildman–Crippen MR) is 96.2 cm³/mol. The summed E-state index contributed by atoms with van der Waals surface area (Å²) in [6.07, 6.45) is -5.11. The Bertz CT molecular complexity index is 644. The van der Waals surface area contributed by atoms with E-state index in [1.807, 2.05) is 30.3 Å². The van der Waals surface area contributed by atoms with Crippen molar-refractivity contribution in [2.45, 2.75) is 19.1 Å². The van der Waals surface area contributed by atoms with E-state index < -0.39 is 12.6 Å². The number of aromatic nitrogens is 1. The topological polar surface area (TPSA) is 62.5 Å². The highest BCUT2D eigenvalue weighted by Gasteiger charge is 2.26. The summed E-state index contributed by atoms with van der Waals surface area (Å²) in [6.45, 7) is 0.0548. The van der Waals surface area contributed by atoms with E-state index in [1.54, 1.807) is 6.07 Å². The number of rotatable bonds is 5. The van der Waals surface area contributed by atoms with Crippen molar-refractivity contribution in [2.75, 3.05) is 13.6 Å². The van der Waals surface area contributed by atoms with Gasteiger partial charge in [-0.15, -0.1) is 24.0 Å². The molecule has 1 aromatic carbocycles. The Kier molecular flexibility index (Phi) is 8.02. The Morgan fingerprint density at radius 2 is 1.92 bits per heavy atom. The molecule has 0 saturated heterocycles. The molecule has 0 aliphatic carbocycles. The van der Waals surface area contributed by atoms with Crippen molar-refractivity contribution in [1.29, 1.82) is 0 Å². The zero-order valence-corrected chi connectivity index (χ0v) is 15.3. The first-order chi connectivity index (χ1) is 11.0. The number of benzene rings is 1. The Hall–Kier alpha value is -1.78. The molecule has 0 bridgehead atoms. The van der Waals surface area contributed by atoms with E-state index >= 15 is 0 Å². The molecule has 1 aromatic heterocycles. The normalized spacial score (nSPS) is 11.8. The van der Waals surface area contributed by atoms with Gasteiger partial charge in [-0.2, -0.15) is 13.2 Å². The quantitative estimate of drug-likeness (QED) is 0.412. The van der Waals surface area contributed by atoms with Crippen LogP contribution >= 0.6 is 24.0 Å². The van der Waals surface area contributed by atoms with Crippen molar-refractivity contribution in [3.63, 3.8) is 0 Å². The lowest BCUT2D eigenvalue weighted by Crippen LogP contribution is -2.38. The number of halogens is 4. The number of guanidine groups is 1. The van der Waals surface area contributed by atoms with Crippen LogP contribution in [0.5, 0.6) is 0 Å². The van der Waals surface area contributed by atoms with Crippen LogP contribution in [0.4, 0.5) is 13.2 Å². The SMILES string of the molecule is CN=C(NCCC(F)(F)F)NCc1cc(-c2ccccc2)on1.I. The lowest BCUT2D eigenvalue weighted by molar-refractivity contribution is -0.132. The lowest BCUT2D eigenvalue weighted by atomic mass is 10.2. The minimum atomic E-state index is -4.19. The number of nitrogens with one attached hydrogen (secondary N) is 2. The van der Waals surface area contributed by atoms with Gasteiger partial charge in [-0.25, -0.2) is 0 Å². The molecular weight excluding hydrogens is 436 g/mol. The third-order valence-corrected chi connectivity index (χ3v) is 2.98. The van der Waals surface area contributed by atoms with Crippen molar-refractivity contribution in [2.24, 2.45) is 4.99 Å². The zero-order valence-electron chi connectivity index (χ0n) is 12.9. The van der Waals surface area contributed by atoms with Gasteiger partial charge in [-0.3, -0.25) is 4.99 Å². The van der Waals surface area contributed by atoms with Gasteiger partial charge in [-0.05, 0) is 0 Å². The minimum absolute atomic E-state index is 0. The molecule has 0 aliphatic heterocycles. The molecule has 0 atom stereocenters. The number of hydrogen-bond donors (Lipinski definition) is 2. The molecule has 5 nitrogen and oxygen atoms in total. The molecule has 2 N–H and O–H groups in total. The van der Waals surface area contributed by atoms with Gasteiger partial charge in [0.1, 0.15) is 5.69 Å². The summed E-state index contributed by atoms with van der Waals surface area (Å²) in [4.78, 5) is 3.86. The highest BCUT2D eigenvalue weighted by Crippen LogP contribution is 2.19. The van der Waals surface area contributed by atoms with E-state index in [9.17, 15) is 13.2 Å². The summed E-state index contributed by atoms with van der Waals surface area (Å²) >= 11 is 0. The van der Waals surface area contributed by atoms with E-state index in [0.717, 1.165) is 5.56 Å². The largest absolute Gasteiger partial charge is 0.390 e. The van der Waals surface area contributed by atoms with Gasteiger partial charge < -0.3 is 15.2 Å². The van der Waals surface area contributed by atoms with Crippen LogP contribution in [0.15, 0.2) is 45.9 Å². The summed E-state index contributed by atoms with van der Waals surface area (Å²) in [7, 11) is 1.49. The molecule has 0 aliphatic rings. The molecular formula is C15H18F3IN4O. The smallest absolute Gasteiger partial charge is 0.356 e. The monoisotopic (exact) mass is 454 g/mol. The van der Waals surface area contributed by atoms with E-state index in [1.165, 1.54) is 7.05 Å². The Morgan fingerprint density at radius 1 is 1.21 bits per heavy atom. The molecule has 0 unspecified atom stereocenters. The third kappa shape index (κ3) is 6.77. The number of aliphatic imine (C=N–C) groups is 1. The Balaban J connectivity index is 0.00000288. The molecule has 2 rings (SSSR count). The lowest BCUT2D eigenvalue weighted by Gasteiger charge is -2.11. The molecule has 0 saturated carbocycles. The van der Waals surface area contributed by atoms with Gasteiger partial charge in [0, 0.05) is 25.2 Å². The van der Waals surface area contributed by atoms with Crippen LogP contribution in [0.2, 0.25) is 0 Å². The van der Waals surface area contributed by atoms with Crippen molar-refractivity contribution < 1.29 is 17.7 Å². The first kappa shape index (κ1) is 20.3.